The molecule has 0 aromatic heterocycles. The Balaban J connectivity index is 2.94. The molecule has 1 atom stereocenters. The van der Waals surface area contributed by atoms with E-state index in [1.54, 1.807) is 13.0 Å². The van der Waals surface area contributed by atoms with Crippen LogP contribution in [-0.4, -0.2) is 0 Å². The predicted octanol–water partition coefficient (Wildman–Crippen LogP) is 3.09. The number of halogens is 2. The summed E-state index contributed by atoms with van der Waals surface area (Å²) in [6.45, 7) is 1.64. The van der Waals surface area contributed by atoms with Crippen molar-refractivity contribution in [1.82, 2.24) is 0 Å². The van der Waals surface area contributed by atoms with Gasteiger partial charge in [-0.25, -0.2) is 4.39 Å². The van der Waals surface area contributed by atoms with Gasteiger partial charge in [0.2, 0.25) is 0 Å². The normalized spacial score (nSPS) is 12.2. The van der Waals surface area contributed by atoms with Crippen molar-refractivity contribution in [2.24, 2.45) is 5.73 Å². The first-order valence-corrected chi connectivity index (χ1v) is 5.02. The van der Waals surface area contributed by atoms with Crippen molar-refractivity contribution in [3.63, 3.8) is 0 Å². The molecule has 0 aliphatic heterocycles. The number of benzene rings is 1. The Hall–Kier alpha value is -1.11. The first-order valence-electron chi connectivity index (χ1n) is 4.64. The Morgan fingerprint density at radius 3 is 2.87 bits per heavy atom. The standard InChI is InChI=1S/C11H12ClFN2/c1-7-5-9(12)8(6-10(7)13)11(15)3-2-4-14/h5-6,11H,2-3,15H2,1H3. The molecule has 2 nitrogen and oxygen atoms in total. The molecule has 0 amide bonds. The monoisotopic (exact) mass is 226 g/mol. The van der Waals surface area contributed by atoms with Crippen molar-refractivity contribution < 1.29 is 4.39 Å². The Bertz CT molecular complexity index is 398. The number of hydrogen-bond donors (Lipinski definition) is 1. The summed E-state index contributed by atoms with van der Waals surface area (Å²) in [6, 6.07) is 4.52. The van der Waals surface area contributed by atoms with E-state index in [2.05, 4.69) is 0 Å². The summed E-state index contributed by atoms with van der Waals surface area (Å²) in [5.41, 5.74) is 6.86. The van der Waals surface area contributed by atoms with Gasteiger partial charge in [0.15, 0.2) is 0 Å². The van der Waals surface area contributed by atoms with E-state index in [1.165, 1.54) is 6.07 Å². The molecule has 1 aromatic carbocycles. The fourth-order valence-electron chi connectivity index (χ4n) is 1.32. The molecule has 15 heavy (non-hydrogen) atoms. The summed E-state index contributed by atoms with van der Waals surface area (Å²) < 4.78 is 13.3. The number of nitrogens with zero attached hydrogens (tertiary/aromatic N) is 1. The van der Waals surface area contributed by atoms with Crippen molar-refractivity contribution in [3.05, 3.63) is 34.1 Å². The molecule has 0 fully saturated rings. The lowest BCUT2D eigenvalue weighted by Gasteiger charge is -2.13. The molecule has 0 heterocycles. The molecule has 0 aliphatic carbocycles. The summed E-state index contributed by atoms with van der Waals surface area (Å²) in [6.07, 6.45) is 0.825. The van der Waals surface area contributed by atoms with E-state index in [0.29, 0.717) is 29.0 Å². The van der Waals surface area contributed by atoms with Crippen molar-refractivity contribution in [3.8, 4) is 6.07 Å². The fourth-order valence-corrected chi connectivity index (χ4v) is 1.68. The zero-order chi connectivity index (χ0) is 11.4. The number of aryl methyl sites for hydroxylation is 1. The quantitative estimate of drug-likeness (QED) is 0.861. The van der Waals surface area contributed by atoms with Crippen LogP contribution in [0.15, 0.2) is 12.1 Å². The number of hydrogen-bond acceptors (Lipinski definition) is 2. The van der Waals surface area contributed by atoms with Gasteiger partial charge < -0.3 is 5.73 Å². The van der Waals surface area contributed by atoms with Crippen LogP contribution >= 0.6 is 11.6 Å². The highest BCUT2D eigenvalue weighted by Gasteiger charge is 2.12. The molecule has 0 aliphatic rings. The summed E-state index contributed by atoms with van der Waals surface area (Å²) >= 11 is 5.95. The second-order valence-electron chi connectivity index (χ2n) is 3.43. The average Bonchev–Trinajstić information content (AvgIpc) is 2.20. The largest absolute Gasteiger partial charge is 0.324 e. The minimum Gasteiger partial charge on any atom is -0.324 e. The molecule has 0 saturated carbocycles. The van der Waals surface area contributed by atoms with E-state index >= 15 is 0 Å². The van der Waals surface area contributed by atoms with E-state index in [4.69, 9.17) is 22.6 Å². The van der Waals surface area contributed by atoms with Crippen LogP contribution in [-0.2, 0) is 0 Å². The zero-order valence-corrected chi connectivity index (χ0v) is 9.18. The zero-order valence-electron chi connectivity index (χ0n) is 8.43. The topological polar surface area (TPSA) is 49.8 Å². The molecule has 0 spiro atoms. The van der Waals surface area contributed by atoms with Gasteiger partial charge in [0.05, 0.1) is 6.07 Å². The van der Waals surface area contributed by atoms with Crippen LogP contribution in [0.5, 0.6) is 0 Å². The van der Waals surface area contributed by atoms with Gasteiger partial charge in [-0.05, 0) is 36.6 Å². The highest BCUT2D eigenvalue weighted by Crippen LogP contribution is 2.27. The SMILES string of the molecule is Cc1cc(Cl)c(C(N)CCC#N)cc1F. The molecular weight excluding hydrogens is 215 g/mol. The van der Waals surface area contributed by atoms with Crippen LogP contribution in [0.2, 0.25) is 5.02 Å². The van der Waals surface area contributed by atoms with Gasteiger partial charge in [0.25, 0.3) is 0 Å². The maximum Gasteiger partial charge on any atom is 0.126 e. The smallest absolute Gasteiger partial charge is 0.126 e. The van der Waals surface area contributed by atoms with Crippen molar-refractivity contribution >= 4 is 11.6 Å². The Labute approximate surface area is 93.5 Å². The average molecular weight is 227 g/mol. The summed E-state index contributed by atoms with van der Waals surface area (Å²) in [5, 5.41) is 8.88. The van der Waals surface area contributed by atoms with Gasteiger partial charge in [0, 0.05) is 17.5 Å². The first-order chi connectivity index (χ1) is 7.06. The van der Waals surface area contributed by atoms with E-state index in [0.717, 1.165) is 0 Å². The van der Waals surface area contributed by atoms with E-state index in [9.17, 15) is 4.39 Å². The maximum atomic E-state index is 13.3. The Morgan fingerprint density at radius 1 is 1.60 bits per heavy atom. The molecular formula is C11H12ClFN2. The van der Waals surface area contributed by atoms with Crippen molar-refractivity contribution in [2.45, 2.75) is 25.8 Å². The number of nitrogens with two attached hydrogens (primary N) is 1. The van der Waals surface area contributed by atoms with Crippen LogP contribution in [0.25, 0.3) is 0 Å². The molecule has 0 radical (unpaired) electrons. The minimum absolute atomic E-state index is 0.318. The highest BCUT2D eigenvalue weighted by atomic mass is 35.5. The second-order valence-corrected chi connectivity index (χ2v) is 3.83. The van der Waals surface area contributed by atoms with E-state index in [-0.39, 0.29) is 11.9 Å². The van der Waals surface area contributed by atoms with Crippen molar-refractivity contribution in [1.29, 1.82) is 5.26 Å². The molecule has 0 bridgehead atoms. The van der Waals surface area contributed by atoms with Crippen LogP contribution in [0.1, 0.15) is 30.0 Å². The second kappa shape index (κ2) is 5.11. The van der Waals surface area contributed by atoms with Gasteiger partial charge in [-0.1, -0.05) is 11.6 Å². The van der Waals surface area contributed by atoms with Crippen LogP contribution in [0, 0.1) is 24.1 Å². The molecule has 2 N–H and O–H groups in total. The minimum atomic E-state index is -0.382. The van der Waals surface area contributed by atoms with Gasteiger partial charge in [-0.15, -0.1) is 0 Å². The third kappa shape index (κ3) is 2.92. The van der Waals surface area contributed by atoms with Gasteiger partial charge in [-0.2, -0.15) is 5.26 Å². The van der Waals surface area contributed by atoms with E-state index in [1.807, 2.05) is 6.07 Å². The van der Waals surface area contributed by atoms with Crippen LogP contribution < -0.4 is 5.73 Å². The highest BCUT2D eigenvalue weighted by molar-refractivity contribution is 6.31. The van der Waals surface area contributed by atoms with Crippen LogP contribution in [0.4, 0.5) is 4.39 Å². The third-order valence-corrected chi connectivity index (χ3v) is 2.57. The van der Waals surface area contributed by atoms with Gasteiger partial charge >= 0.3 is 0 Å². The van der Waals surface area contributed by atoms with Crippen LogP contribution in [0.3, 0.4) is 0 Å². The Kier molecular flexibility index (Phi) is 4.07. The first kappa shape index (κ1) is 12.0. The Morgan fingerprint density at radius 2 is 2.27 bits per heavy atom. The number of nitriles is 1. The van der Waals surface area contributed by atoms with Gasteiger partial charge in [0.1, 0.15) is 5.82 Å². The van der Waals surface area contributed by atoms with Crippen molar-refractivity contribution in [2.75, 3.05) is 0 Å². The molecule has 1 aromatic rings. The summed E-state index contributed by atoms with van der Waals surface area (Å²) in [5.74, 6) is -0.318. The molecule has 1 unspecified atom stereocenters. The molecule has 1 rings (SSSR count). The van der Waals surface area contributed by atoms with Gasteiger partial charge in [-0.3, -0.25) is 0 Å². The lowest BCUT2D eigenvalue weighted by molar-refractivity contribution is 0.604. The molecule has 0 saturated heterocycles. The molecule has 80 valence electrons. The lowest BCUT2D eigenvalue weighted by Crippen LogP contribution is -2.11. The number of rotatable bonds is 3. The fraction of sp³-hybridized carbons (Fsp3) is 0.364. The summed E-state index contributed by atoms with van der Waals surface area (Å²) in [7, 11) is 0. The van der Waals surface area contributed by atoms with E-state index < -0.39 is 0 Å². The third-order valence-electron chi connectivity index (χ3n) is 2.24. The molecule has 4 heteroatoms. The predicted molar refractivity (Wildman–Crippen MR) is 57.9 cm³/mol. The summed E-state index contributed by atoms with van der Waals surface area (Å²) in [4.78, 5) is 0. The lowest BCUT2D eigenvalue weighted by atomic mass is 10.0. The maximum absolute atomic E-state index is 13.3.